The van der Waals surface area contributed by atoms with E-state index in [-0.39, 0.29) is 0 Å². The highest BCUT2D eigenvalue weighted by atomic mass is 16.3. The molecule has 16 heavy (non-hydrogen) atoms. The van der Waals surface area contributed by atoms with Crippen molar-refractivity contribution < 1.29 is 4.42 Å². The van der Waals surface area contributed by atoms with Crippen molar-refractivity contribution in [2.24, 2.45) is 5.92 Å². The average molecular weight is 223 g/mol. The van der Waals surface area contributed by atoms with Crippen molar-refractivity contribution in [1.82, 2.24) is 5.32 Å². The summed E-state index contributed by atoms with van der Waals surface area (Å²) in [6.07, 6.45) is 6.68. The molecule has 2 heteroatoms. The van der Waals surface area contributed by atoms with Crippen molar-refractivity contribution >= 4 is 0 Å². The molecule has 0 radical (unpaired) electrons. The van der Waals surface area contributed by atoms with E-state index in [9.17, 15) is 0 Å². The predicted molar refractivity (Wildman–Crippen MR) is 68.6 cm³/mol. The second-order valence-electron chi connectivity index (χ2n) is 5.03. The lowest BCUT2D eigenvalue weighted by atomic mass is 10.1. The molecule has 1 unspecified atom stereocenters. The molecule has 1 atom stereocenters. The van der Waals surface area contributed by atoms with Gasteiger partial charge in [0.1, 0.15) is 5.76 Å². The molecule has 1 rings (SSSR count). The minimum absolute atomic E-state index is 0.505. The fourth-order valence-electron chi connectivity index (χ4n) is 1.83. The Kier molecular flexibility index (Phi) is 6.24. The van der Waals surface area contributed by atoms with E-state index in [1.54, 1.807) is 6.26 Å². The van der Waals surface area contributed by atoms with Crippen LogP contribution in [0.1, 0.15) is 45.8 Å². The molecule has 1 N–H and O–H groups in total. The lowest BCUT2D eigenvalue weighted by Crippen LogP contribution is -2.28. The summed E-state index contributed by atoms with van der Waals surface area (Å²) < 4.78 is 5.32. The van der Waals surface area contributed by atoms with E-state index in [0.717, 1.165) is 24.6 Å². The maximum absolute atomic E-state index is 5.32. The van der Waals surface area contributed by atoms with Gasteiger partial charge in [-0.2, -0.15) is 0 Å². The maximum atomic E-state index is 5.32. The minimum atomic E-state index is 0.505. The van der Waals surface area contributed by atoms with Crippen LogP contribution in [-0.2, 0) is 6.42 Å². The van der Waals surface area contributed by atoms with Gasteiger partial charge in [-0.25, -0.2) is 0 Å². The van der Waals surface area contributed by atoms with Gasteiger partial charge in [0.2, 0.25) is 0 Å². The fourth-order valence-corrected chi connectivity index (χ4v) is 1.83. The molecule has 0 aromatic carbocycles. The first-order valence-electron chi connectivity index (χ1n) is 6.44. The first-order valence-corrected chi connectivity index (χ1v) is 6.44. The van der Waals surface area contributed by atoms with Gasteiger partial charge in [-0.15, -0.1) is 0 Å². The quantitative estimate of drug-likeness (QED) is 0.681. The molecule has 0 aliphatic heterocycles. The van der Waals surface area contributed by atoms with Crippen molar-refractivity contribution in [2.75, 3.05) is 6.54 Å². The summed E-state index contributed by atoms with van der Waals surface area (Å²) >= 11 is 0. The Hall–Kier alpha value is -0.760. The number of unbranched alkanes of at least 4 members (excludes halogenated alkanes) is 1. The van der Waals surface area contributed by atoms with Gasteiger partial charge < -0.3 is 9.73 Å². The molecule has 0 spiro atoms. The monoisotopic (exact) mass is 223 g/mol. The van der Waals surface area contributed by atoms with Crippen LogP contribution in [0.25, 0.3) is 0 Å². The van der Waals surface area contributed by atoms with E-state index in [4.69, 9.17) is 4.42 Å². The van der Waals surface area contributed by atoms with E-state index < -0.39 is 0 Å². The first kappa shape index (κ1) is 13.3. The van der Waals surface area contributed by atoms with Crippen LogP contribution in [0.15, 0.2) is 22.8 Å². The highest BCUT2D eigenvalue weighted by molar-refractivity contribution is 4.99. The number of hydrogen-bond donors (Lipinski definition) is 1. The molecule has 92 valence electrons. The molecular formula is C14H25NO. The normalized spacial score (nSPS) is 13.2. The van der Waals surface area contributed by atoms with Crippen LogP contribution in [0.5, 0.6) is 0 Å². The lowest BCUT2D eigenvalue weighted by Gasteiger charge is -2.12. The molecule has 0 saturated carbocycles. The Balaban J connectivity index is 2.00. The topological polar surface area (TPSA) is 25.2 Å². The van der Waals surface area contributed by atoms with E-state index in [0.29, 0.717) is 6.04 Å². The van der Waals surface area contributed by atoms with Crippen LogP contribution in [0, 0.1) is 5.92 Å². The standard InChI is InChI=1S/C14H25NO/c1-12(2)7-4-5-9-15-13(3)11-14-8-6-10-16-14/h6,8,10,12-13,15H,4-5,7,9,11H2,1-3H3. The van der Waals surface area contributed by atoms with Crippen LogP contribution < -0.4 is 5.32 Å². The van der Waals surface area contributed by atoms with Gasteiger partial charge in [-0.3, -0.25) is 0 Å². The van der Waals surface area contributed by atoms with Crippen LogP contribution in [0.4, 0.5) is 0 Å². The maximum Gasteiger partial charge on any atom is 0.105 e. The molecule has 0 aliphatic rings. The third kappa shape index (κ3) is 5.96. The van der Waals surface area contributed by atoms with Crippen molar-refractivity contribution in [3.8, 4) is 0 Å². The number of hydrogen-bond acceptors (Lipinski definition) is 2. The highest BCUT2D eigenvalue weighted by Crippen LogP contribution is 2.06. The Bertz CT molecular complexity index is 254. The van der Waals surface area contributed by atoms with Gasteiger partial charge >= 0.3 is 0 Å². The molecule has 1 aromatic heterocycles. The van der Waals surface area contributed by atoms with Crippen LogP contribution in [0.2, 0.25) is 0 Å². The molecule has 0 amide bonds. The third-order valence-corrected chi connectivity index (χ3v) is 2.79. The van der Waals surface area contributed by atoms with E-state index in [1.807, 2.05) is 12.1 Å². The van der Waals surface area contributed by atoms with Crippen LogP contribution >= 0.6 is 0 Å². The number of nitrogens with one attached hydrogen (secondary N) is 1. The zero-order chi connectivity index (χ0) is 11.8. The molecule has 0 saturated heterocycles. The summed E-state index contributed by atoms with van der Waals surface area (Å²) in [5.41, 5.74) is 0. The van der Waals surface area contributed by atoms with Gasteiger partial charge in [0.25, 0.3) is 0 Å². The van der Waals surface area contributed by atoms with Gasteiger partial charge in [0, 0.05) is 12.5 Å². The van der Waals surface area contributed by atoms with Gasteiger partial charge in [0.15, 0.2) is 0 Å². The summed E-state index contributed by atoms with van der Waals surface area (Å²) in [5, 5.41) is 3.53. The second kappa shape index (κ2) is 7.50. The zero-order valence-corrected chi connectivity index (χ0v) is 10.8. The largest absolute Gasteiger partial charge is 0.469 e. The second-order valence-corrected chi connectivity index (χ2v) is 5.03. The van der Waals surface area contributed by atoms with Crippen LogP contribution in [0.3, 0.4) is 0 Å². The summed E-state index contributed by atoms with van der Waals surface area (Å²) in [5.74, 6) is 1.91. The van der Waals surface area contributed by atoms with Gasteiger partial charge in [0.05, 0.1) is 6.26 Å². The Labute approximate surface area is 99.4 Å². The van der Waals surface area contributed by atoms with Crippen molar-refractivity contribution in [3.05, 3.63) is 24.2 Å². The minimum Gasteiger partial charge on any atom is -0.469 e. The zero-order valence-electron chi connectivity index (χ0n) is 10.8. The van der Waals surface area contributed by atoms with Crippen molar-refractivity contribution in [3.63, 3.8) is 0 Å². The lowest BCUT2D eigenvalue weighted by molar-refractivity contribution is 0.446. The molecule has 2 nitrogen and oxygen atoms in total. The molecular weight excluding hydrogens is 198 g/mol. The molecule has 0 aliphatic carbocycles. The van der Waals surface area contributed by atoms with Crippen LogP contribution in [-0.4, -0.2) is 12.6 Å². The number of furan rings is 1. The Morgan fingerprint density at radius 3 is 2.69 bits per heavy atom. The highest BCUT2D eigenvalue weighted by Gasteiger charge is 2.04. The van der Waals surface area contributed by atoms with E-state index >= 15 is 0 Å². The Morgan fingerprint density at radius 1 is 1.25 bits per heavy atom. The summed E-state index contributed by atoms with van der Waals surface area (Å²) in [7, 11) is 0. The molecule has 1 aromatic rings. The smallest absolute Gasteiger partial charge is 0.105 e. The summed E-state index contributed by atoms with van der Waals surface area (Å²) in [6.45, 7) is 7.90. The summed E-state index contributed by atoms with van der Waals surface area (Å²) in [6, 6.07) is 4.49. The molecule has 0 bridgehead atoms. The van der Waals surface area contributed by atoms with E-state index in [2.05, 4.69) is 26.1 Å². The van der Waals surface area contributed by atoms with E-state index in [1.165, 1.54) is 19.3 Å². The van der Waals surface area contributed by atoms with Crippen molar-refractivity contribution in [1.29, 1.82) is 0 Å². The van der Waals surface area contributed by atoms with Crippen molar-refractivity contribution in [2.45, 2.75) is 52.5 Å². The SMILES string of the molecule is CC(C)CCCCNC(C)Cc1ccco1. The average Bonchev–Trinajstić information content (AvgIpc) is 2.69. The predicted octanol–water partition coefficient (Wildman–Crippen LogP) is 3.63. The third-order valence-electron chi connectivity index (χ3n) is 2.79. The Morgan fingerprint density at radius 2 is 2.06 bits per heavy atom. The summed E-state index contributed by atoms with van der Waals surface area (Å²) in [4.78, 5) is 0. The molecule has 0 fully saturated rings. The fraction of sp³-hybridized carbons (Fsp3) is 0.714. The number of rotatable bonds is 8. The first-order chi connectivity index (χ1) is 7.68. The molecule has 1 heterocycles. The van der Waals surface area contributed by atoms with Gasteiger partial charge in [-0.1, -0.05) is 26.7 Å². The van der Waals surface area contributed by atoms with Gasteiger partial charge in [-0.05, 0) is 37.9 Å².